The largest absolute Gasteiger partial charge is 0.334 e. The second kappa shape index (κ2) is 7.43. The Hall–Kier alpha value is -2.21. The molecule has 1 saturated carbocycles. The second-order valence-corrected chi connectivity index (χ2v) is 7.49. The van der Waals surface area contributed by atoms with Gasteiger partial charge in [-0.1, -0.05) is 19.9 Å². The molecule has 1 aliphatic carbocycles. The Morgan fingerprint density at radius 2 is 2.15 bits per heavy atom. The molecule has 0 N–H and O–H groups in total. The highest BCUT2D eigenvalue weighted by atomic mass is 19.1. The summed E-state index contributed by atoms with van der Waals surface area (Å²) in [5, 5.41) is 4.87. The van der Waals surface area contributed by atoms with E-state index >= 15 is 0 Å². The molecule has 0 unspecified atom stereocenters. The van der Waals surface area contributed by atoms with E-state index in [0.29, 0.717) is 19.0 Å². The Kier molecular flexibility index (Phi) is 5.00. The summed E-state index contributed by atoms with van der Waals surface area (Å²) < 4.78 is 15.7. The lowest BCUT2D eigenvalue weighted by atomic mass is 10.0. The number of fused-ring (bicyclic) bond motifs is 1. The van der Waals surface area contributed by atoms with Gasteiger partial charge in [-0.2, -0.15) is 5.10 Å². The molecule has 1 fully saturated rings. The first-order valence-electron chi connectivity index (χ1n) is 9.98. The lowest BCUT2D eigenvalue weighted by molar-refractivity contribution is -0.132. The van der Waals surface area contributed by atoms with Crippen LogP contribution in [0.25, 0.3) is 5.69 Å². The molecule has 1 aromatic carbocycles. The predicted octanol–water partition coefficient (Wildman–Crippen LogP) is 3.29. The number of hydrogen-bond acceptors (Lipinski definition) is 3. The molecule has 0 spiro atoms. The molecule has 5 nitrogen and oxygen atoms in total. The van der Waals surface area contributed by atoms with E-state index in [1.54, 1.807) is 6.07 Å². The van der Waals surface area contributed by atoms with E-state index in [-0.39, 0.29) is 11.7 Å². The van der Waals surface area contributed by atoms with Gasteiger partial charge in [0, 0.05) is 37.5 Å². The smallest absolute Gasteiger partial charge is 0.222 e. The van der Waals surface area contributed by atoms with E-state index in [4.69, 9.17) is 5.10 Å². The molecule has 4 rings (SSSR count). The van der Waals surface area contributed by atoms with Crippen LogP contribution in [0.1, 0.15) is 50.1 Å². The van der Waals surface area contributed by atoms with Gasteiger partial charge < -0.3 is 4.90 Å². The van der Waals surface area contributed by atoms with Gasteiger partial charge in [-0.15, -0.1) is 0 Å². The Bertz CT molecular complexity index is 843. The van der Waals surface area contributed by atoms with Crippen LogP contribution in [0, 0.1) is 5.82 Å². The summed E-state index contributed by atoms with van der Waals surface area (Å²) in [4.78, 5) is 16.8. The molecule has 0 saturated heterocycles. The molecule has 1 amide bonds. The lowest BCUT2D eigenvalue weighted by Gasteiger charge is -2.27. The Balaban J connectivity index is 1.73. The zero-order chi connectivity index (χ0) is 19.0. The van der Waals surface area contributed by atoms with E-state index in [2.05, 4.69) is 11.8 Å². The van der Waals surface area contributed by atoms with E-state index in [1.807, 2.05) is 22.6 Å². The van der Waals surface area contributed by atoms with Gasteiger partial charge in [0.1, 0.15) is 5.82 Å². The van der Waals surface area contributed by atoms with Crippen LogP contribution in [0.2, 0.25) is 0 Å². The minimum Gasteiger partial charge on any atom is -0.334 e. The van der Waals surface area contributed by atoms with Gasteiger partial charge in [0.05, 0.1) is 23.6 Å². The number of halogens is 1. The molecule has 0 atom stereocenters. The van der Waals surface area contributed by atoms with Gasteiger partial charge in [0.15, 0.2) is 0 Å². The van der Waals surface area contributed by atoms with Crippen molar-refractivity contribution >= 4 is 5.91 Å². The Morgan fingerprint density at radius 3 is 2.81 bits per heavy atom. The standard InChI is InChI=1S/C21H27FN4O/c1-3-21(27)25(16-8-9-16)14-19-18-13-24(4-2)11-10-20(18)26(23-19)17-7-5-6-15(22)12-17/h5-7,12,16H,3-4,8-11,13-14H2,1-2H3. The van der Waals surface area contributed by atoms with Crippen LogP contribution in [-0.4, -0.2) is 44.6 Å². The molecule has 144 valence electrons. The molecule has 6 heteroatoms. The van der Waals surface area contributed by atoms with Crippen LogP contribution in [0.4, 0.5) is 4.39 Å². The minimum absolute atomic E-state index is 0.190. The van der Waals surface area contributed by atoms with Crippen molar-refractivity contribution in [2.45, 2.75) is 58.7 Å². The molecule has 2 aromatic rings. The van der Waals surface area contributed by atoms with Gasteiger partial charge in [-0.3, -0.25) is 9.69 Å². The number of likely N-dealkylation sites (N-methyl/N-ethyl adjacent to an activating group) is 1. The Labute approximate surface area is 159 Å². The van der Waals surface area contributed by atoms with Gasteiger partial charge in [0.2, 0.25) is 5.91 Å². The average Bonchev–Trinajstić information content (AvgIpc) is 3.47. The zero-order valence-corrected chi connectivity index (χ0v) is 16.1. The first-order chi connectivity index (χ1) is 13.1. The monoisotopic (exact) mass is 370 g/mol. The highest BCUT2D eigenvalue weighted by Crippen LogP contribution is 2.32. The van der Waals surface area contributed by atoms with E-state index < -0.39 is 0 Å². The highest BCUT2D eigenvalue weighted by Gasteiger charge is 2.34. The van der Waals surface area contributed by atoms with Gasteiger partial charge in [-0.05, 0) is 37.6 Å². The fourth-order valence-corrected chi connectivity index (χ4v) is 3.93. The first kappa shape index (κ1) is 18.2. The zero-order valence-electron chi connectivity index (χ0n) is 16.1. The van der Waals surface area contributed by atoms with E-state index in [9.17, 15) is 9.18 Å². The van der Waals surface area contributed by atoms with Crippen molar-refractivity contribution in [2.24, 2.45) is 0 Å². The third-order valence-electron chi connectivity index (χ3n) is 5.65. The second-order valence-electron chi connectivity index (χ2n) is 7.49. The SMILES string of the molecule is CCC(=O)N(Cc1nn(-c2cccc(F)c2)c2c1CN(CC)CC2)C1CC1. The van der Waals surface area contributed by atoms with Gasteiger partial charge in [-0.25, -0.2) is 9.07 Å². The van der Waals surface area contributed by atoms with Crippen molar-refractivity contribution < 1.29 is 9.18 Å². The molecular weight excluding hydrogens is 343 g/mol. The number of nitrogens with zero attached hydrogens (tertiary/aromatic N) is 4. The van der Waals surface area contributed by atoms with Crippen molar-refractivity contribution in [1.29, 1.82) is 0 Å². The quantitative estimate of drug-likeness (QED) is 0.784. The maximum Gasteiger partial charge on any atom is 0.222 e. The normalized spacial score (nSPS) is 17.0. The van der Waals surface area contributed by atoms with Crippen LogP contribution in [0.15, 0.2) is 24.3 Å². The predicted molar refractivity (Wildman–Crippen MR) is 102 cm³/mol. The van der Waals surface area contributed by atoms with Crippen LogP contribution in [-0.2, 0) is 24.3 Å². The minimum atomic E-state index is -0.259. The molecule has 0 radical (unpaired) electrons. The Morgan fingerprint density at radius 1 is 1.33 bits per heavy atom. The average molecular weight is 370 g/mol. The number of rotatable bonds is 6. The van der Waals surface area contributed by atoms with Crippen LogP contribution >= 0.6 is 0 Å². The first-order valence-corrected chi connectivity index (χ1v) is 9.98. The summed E-state index contributed by atoms with van der Waals surface area (Å²) in [5.41, 5.74) is 4.07. The molecule has 2 aliphatic rings. The summed E-state index contributed by atoms with van der Waals surface area (Å²) in [6.07, 6.45) is 3.57. The summed E-state index contributed by atoms with van der Waals surface area (Å²) >= 11 is 0. The fraction of sp³-hybridized carbons (Fsp3) is 0.524. The summed E-state index contributed by atoms with van der Waals surface area (Å²) in [7, 11) is 0. The highest BCUT2D eigenvalue weighted by molar-refractivity contribution is 5.76. The maximum atomic E-state index is 13.8. The summed E-state index contributed by atoms with van der Waals surface area (Å²) in [6.45, 7) is 7.44. The third kappa shape index (κ3) is 3.63. The van der Waals surface area contributed by atoms with Crippen LogP contribution in [0.5, 0.6) is 0 Å². The fourth-order valence-electron chi connectivity index (χ4n) is 3.93. The number of hydrogen-bond donors (Lipinski definition) is 0. The lowest BCUT2D eigenvalue weighted by Crippen LogP contribution is -2.34. The number of amides is 1. The third-order valence-corrected chi connectivity index (χ3v) is 5.65. The molecule has 1 aromatic heterocycles. The van der Waals surface area contributed by atoms with Crippen molar-refractivity contribution in [3.8, 4) is 5.69 Å². The summed E-state index contributed by atoms with van der Waals surface area (Å²) in [5.74, 6) is -0.0697. The number of carbonyl (C=O) groups is 1. The molecule has 2 heterocycles. The number of carbonyl (C=O) groups excluding carboxylic acids is 1. The van der Waals surface area contributed by atoms with Crippen LogP contribution in [0.3, 0.4) is 0 Å². The molecule has 0 bridgehead atoms. The van der Waals surface area contributed by atoms with Gasteiger partial charge in [0.25, 0.3) is 0 Å². The topological polar surface area (TPSA) is 41.4 Å². The van der Waals surface area contributed by atoms with Crippen molar-refractivity contribution in [3.05, 3.63) is 47.0 Å². The van der Waals surface area contributed by atoms with Crippen molar-refractivity contribution in [3.63, 3.8) is 0 Å². The molecular formula is C21H27FN4O. The van der Waals surface area contributed by atoms with Crippen molar-refractivity contribution in [1.82, 2.24) is 19.6 Å². The van der Waals surface area contributed by atoms with E-state index in [1.165, 1.54) is 17.7 Å². The molecule has 27 heavy (non-hydrogen) atoms. The maximum absolute atomic E-state index is 13.8. The number of benzene rings is 1. The van der Waals surface area contributed by atoms with Crippen LogP contribution < -0.4 is 0 Å². The van der Waals surface area contributed by atoms with E-state index in [0.717, 1.165) is 56.0 Å². The van der Waals surface area contributed by atoms with Gasteiger partial charge >= 0.3 is 0 Å². The molecule has 1 aliphatic heterocycles. The number of aromatic nitrogens is 2. The summed E-state index contributed by atoms with van der Waals surface area (Å²) in [6, 6.07) is 6.95. The van der Waals surface area contributed by atoms with Crippen molar-refractivity contribution in [2.75, 3.05) is 13.1 Å².